The van der Waals surface area contributed by atoms with E-state index >= 15 is 0 Å². The Morgan fingerprint density at radius 1 is 0.533 bits per heavy atom. The zero-order valence-electron chi connectivity index (χ0n) is 28.4. The lowest BCUT2D eigenvalue weighted by Crippen LogP contribution is -2.39. The molecule has 6 unspecified atom stereocenters. The van der Waals surface area contributed by atoms with E-state index in [1.165, 1.54) is 103 Å². The molecule has 2 heterocycles. The van der Waals surface area contributed by atoms with Gasteiger partial charge in [0.2, 0.25) is 0 Å². The van der Waals surface area contributed by atoms with Gasteiger partial charge in [0, 0.05) is 13.2 Å². The summed E-state index contributed by atoms with van der Waals surface area (Å²) in [6.07, 6.45) is 18.9. The lowest BCUT2D eigenvalue weighted by atomic mass is 10.1. The molecule has 268 valence electrons. The summed E-state index contributed by atoms with van der Waals surface area (Å²) >= 11 is 0. The molecule has 0 radical (unpaired) electrons. The molecule has 10 nitrogen and oxygen atoms in total. The van der Waals surface area contributed by atoms with E-state index in [0.717, 1.165) is 25.7 Å². The maximum atomic E-state index is 12.6. The predicted molar refractivity (Wildman–Crippen MR) is 175 cm³/mol. The van der Waals surface area contributed by atoms with Crippen LogP contribution in [0.5, 0.6) is 0 Å². The van der Waals surface area contributed by atoms with E-state index in [1.807, 2.05) is 0 Å². The first-order chi connectivity index (χ1) is 21.9. The van der Waals surface area contributed by atoms with Crippen molar-refractivity contribution in [1.29, 1.82) is 0 Å². The Morgan fingerprint density at radius 2 is 0.844 bits per heavy atom. The van der Waals surface area contributed by atoms with Gasteiger partial charge < -0.3 is 29.2 Å². The first kappa shape index (κ1) is 40.8. The second kappa shape index (κ2) is 25.6. The van der Waals surface area contributed by atoms with Crippen LogP contribution < -0.4 is 0 Å². The summed E-state index contributed by atoms with van der Waals surface area (Å²) < 4.78 is 57.7. The Balaban J connectivity index is 1.50. The Hall–Kier alpha value is -0.370. The van der Waals surface area contributed by atoms with E-state index in [1.54, 1.807) is 0 Å². The van der Waals surface area contributed by atoms with Crippen molar-refractivity contribution in [3.05, 3.63) is 0 Å². The number of hydrogen-bond acceptors (Lipinski definition) is 10. The minimum Gasteiger partial charge on any atom is -0.387 e. The summed E-state index contributed by atoms with van der Waals surface area (Å²) in [4.78, 5) is 0. The SMILES string of the molecule is CCCCCCCCCCCCOCC1OCC(OS(=O)(=O)OC2COC(COCCCCCCCCCCCC)C2O)C1O. The van der Waals surface area contributed by atoms with Crippen LogP contribution in [-0.2, 0) is 37.7 Å². The van der Waals surface area contributed by atoms with Crippen LogP contribution in [0.3, 0.4) is 0 Å². The first-order valence-electron chi connectivity index (χ1n) is 18.2. The van der Waals surface area contributed by atoms with Crippen molar-refractivity contribution >= 4 is 10.4 Å². The monoisotopic (exact) mass is 666 g/mol. The maximum absolute atomic E-state index is 12.6. The minimum absolute atomic E-state index is 0.102. The van der Waals surface area contributed by atoms with E-state index < -0.39 is 47.0 Å². The number of unbranched alkanes of at least 4 members (excludes halogenated alkanes) is 18. The van der Waals surface area contributed by atoms with E-state index in [4.69, 9.17) is 27.3 Å². The Bertz CT molecular complexity index is 740. The highest BCUT2D eigenvalue weighted by Gasteiger charge is 2.43. The zero-order valence-corrected chi connectivity index (χ0v) is 29.2. The lowest BCUT2D eigenvalue weighted by Gasteiger charge is -2.20. The summed E-state index contributed by atoms with van der Waals surface area (Å²) in [5.41, 5.74) is 0. The molecule has 2 fully saturated rings. The molecular formula is C34H66O10S. The lowest BCUT2D eigenvalue weighted by molar-refractivity contribution is -0.0328. The smallest absolute Gasteiger partial charge is 0.387 e. The normalized spacial score (nSPS) is 25.4. The molecule has 2 aliphatic heterocycles. The molecule has 2 saturated heterocycles. The van der Waals surface area contributed by atoms with Gasteiger partial charge in [0.1, 0.15) is 36.6 Å². The molecule has 0 aromatic heterocycles. The number of aliphatic hydroxyl groups excluding tert-OH is 2. The Morgan fingerprint density at radius 3 is 1.18 bits per heavy atom. The van der Waals surface area contributed by atoms with Crippen LogP contribution in [0.25, 0.3) is 0 Å². The van der Waals surface area contributed by atoms with Crippen LogP contribution in [0, 0.1) is 0 Å². The van der Waals surface area contributed by atoms with Crippen molar-refractivity contribution < 1.29 is 45.9 Å². The zero-order chi connectivity index (χ0) is 32.6. The van der Waals surface area contributed by atoms with Crippen LogP contribution in [0.2, 0.25) is 0 Å². The predicted octanol–water partition coefficient (Wildman–Crippen LogP) is 6.40. The third kappa shape index (κ3) is 18.7. The van der Waals surface area contributed by atoms with Gasteiger partial charge in [-0.3, -0.25) is 0 Å². The van der Waals surface area contributed by atoms with Crippen molar-refractivity contribution in [2.24, 2.45) is 0 Å². The molecule has 0 saturated carbocycles. The average molecular weight is 667 g/mol. The largest absolute Gasteiger partial charge is 0.400 e. The first-order valence-corrected chi connectivity index (χ1v) is 19.6. The van der Waals surface area contributed by atoms with Crippen molar-refractivity contribution in [2.45, 2.75) is 179 Å². The van der Waals surface area contributed by atoms with Gasteiger partial charge in [-0.05, 0) is 12.8 Å². The Kier molecular flexibility index (Phi) is 23.2. The van der Waals surface area contributed by atoms with Gasteiger partial charge in [-0.15, -0.1) is 0 Å². The summed E-state index contributed by atoms with van der Waals surface area (Å²) in [6, 6.07) is 0. The third-order valence-electron chi connectivity index (χ3n) is 8.80. The third-order valence-corrected chi connectivity index (χ3v) is 9.77. The summed E-state index contributed by atoms with van der Waals surface area (Å²) in [7, 11) is -4.52. The number of hydrogen-bond donors (Lipinski definition) is 2. The molecule has 0 bridgehead atoms. The highest BCUT2D eigenvalue weighted by Crippen LogP contribution is 2.24. The van der Waals surface area contributed by atoms with Crippen LogP contribution in [0.4, 0.5) is 0 Å². The summed E-state index contributed by atoms with van der Waals surface area (Å²) in [5.74, 6) is 0. The van der Waals surface area contributed by atoms with Gasteiger partial charge in [0.25, 0.3) is 0 Å². The summed E-state index contributed by atoms with van der Waals surface area (Å²) in [5, 5.41) is 21.1. The molecule has 2 rings (SSSR count). The maximum Gasteiger partial charge on any atom is 0.400 e. The Labute approximate surface area is 274 Å². The van der Waals surface area contributed by atoms with Crippen LogP contribution >= 0.6 is 0 Å². The van der Waals surface area contributed by atoms with Crippen molar-refractivity contribution in [3.63, 3.8) is 0 Å². The van der Waals surface area contributed by atoms with Crippen molar-refractivity contribution in [3.8, 4) is 0 Å². The molecule has 6 atom stereocenters. The van der Waals surface area contributed by atoms with Gasteiger partial charge in [-0.1, -0.05) is 129 Å². The van der Waals surface area contributed by atoms with Crippen LogP contribution in [0.1, 0.15) is 142 Å². The van der Waals surface area contributed by atoms with Gasteiger partial charge in [0.05, 0.1) is 26.4 Å². The fourth-order valence-electron chi connectivity index (χ4n) is 5.88. The molecule has 2 aliphatic rings. The van der Waals surface area contributed by atoms with Crippen molar-refractivity contribution in [2.75, 3.05) is 39.6 Å². The number of aliphatic hydroxyl groups is 2. The molecule has 11 heteroatoms. The average Bonchev–Trinajstić information content (AvgIpc) is 3.53. The molecule has 0 amide bonds. The quantitative estimate of drug-likeness (QED) is 0.0831. The standard InChI is InChI=1S/C34H66O10S/c1-3-5-7-9-11-13-15-17-19-21-23-39-25-29-33(35)31(27-41-29)43-45(37,38)44-32-28-42-30(34(32)36)26-40-24-22-20-18-16-14-12-10-8-6-4-2/h29-36H,3-28H2,1-2H3. The van der Waals surface area contributed by atoms with Crippen molar-refractivity contribution in [1.82, 2.24) is 0 Å². The molecule has 2 N–H and O–H groups in total. The van der Waals surface area contributed by atoms with E-state index in [-0.39, 0.29) is 26.4 Å². The molecular weight excluding hydrogens is 600 g/mol. The molecule has 0 spiro atoms. The fraction of sp³-hybridized carbons (Fsp3) is 1.00. The fourth-order valence-corrected chi connectivity index (χ4v) is 6.87. The topological polar surface area (TPSA) is 130 Å². The highest BCUT2D eigenvalue weighted by molar-refractivity contribution is 7.81. The second-order valence-electron chi connectivity index (χ2n) is 12.9. The van der Waals surface area contributed by atoms with E-state index in [0.29, 0.717) is 13.2 Å². The molecule has 45 heavy (non-hydrogen) atoms. The van der Waals surface area contributed by atoms with E-state index in [9.17, 15) is 18.6 Å². The van der Waals surface area contributed by atoms with E-state index in [2.05, 4.69) is 13.8 Å². The number of rotatable bonds is 30. The minimum atomic E-state index is -4.52. The van der Waals surface area contributed by atoms with Gasteiger partial charge in [-0.25, -0.2) is 8.37 Å². The van der Waals surface area contributed by atoms with Gasteiger partial charge in [-0.2, -0.15) is 8.42 Å². The number of ether oxygens (including phenoxy) is 4. The molecule has 0 aromatic rings. The van der Waals surface area contributed by atoms with Crippen LogP contribution in [0.15, 0.2) is 0 Å². The highest BCUT2D eigenvalue weighted by atomic mass is 32.3. The van der Waals surface area contributed by atoms with Gasteiger partial charge >= 0.3 is 10.4 Å². The van der Waals surface area contributed by atoms with Crippen LogP contribution in [-0.4, -0.2) is 94.9 Å². The summed E-state index contributed by atoms with van der Waals surface area (Å²) in [6.45, 7) is 5.73. The van der Waals surface area contributed by atoms with Gasteiger partial charge in [0.15, 0.2) is 0 Å². The molecule has 0 aromatic carbocycles. The molecule has 0 aliphatic carbocycles. The second-order valence-corrected chi connectivity index (χ2v) is 14.1.